The zero-order valence-corrected chi connectivity index (χ0v) is 15.0. The van der Waals surface area contributed by atoms with Crippen molar-refractivity contribution < 1.29 is 23.8 Å². The lowest BCUT2D eigenvalue weighted by atomic mass is 10.2. The summed E-state index contributed by atoms with van der Waals surface area (Å²) in [7, 11) is 0. The molecule has 0 aromatic carbocycles. The highest BCUT2D eigenvalue weighted by atomic mass is 35.5. The van der Waals surface area contributed by atoms with E-state index in [0.29, 0.717) is 23.6 Å². The highest BCUT2D eigenvalue weighted by molar-refractivity contribution is 6.17. The summed E-state index contributed by atoms with van der Waals surface area (Å²) >= 11 is 5.58. The Bertz CT molecular complexity index is 415. The van der Waals surface area contributed by atoms with Crippen molar-refractivity contribution in [2.75, 3.05) is 25.7 Å². The van der Waals surface area contributed by atoms with Crippen LogP contribution in [0.5, 0.6) is 0 Å². The van der Waals surface area contributed by atoms with Gasteiger partial charge in [0.05, 0.1) is 18.4 Å². The summed E-state index contributed by atoms with van der Waals surface area (Å²) in [6.07, 6.45) is 6.86. The van der Waals surface area contributed by atoms with Crippen LogP contribution in [0.4, 0.5) is 0 Å². The Hall–Kier alpha value is -1.49. The smallest absolute Gasteiger partial charge is 0.336 e. The lowest BCUT2D eigenvalue weighted by Crippen LogP contribution is -2.11. The summed E-state index contributed by atoms with van der Waals surface area (Å²) in [5.74, 6) is -0.0998. The van der Waals surface area contributed by atoms with Gasteiger partial charge >= 0.3 is 11.9 Å². The molecule has 0 bridgehead atoms. The molecule has 0 saturated carbocycles. The van der Waals surface area contributed by atoms with Gasteiger partial charge in [0.2, 0.25) is 0 Å². The van der Waals surface area contributed by atoms with Crippen molar-refractivity contribution >= 4 is 23.5 Å². The highest BCUT2D eigenvalue weighted by Crippen LogP contribution is 2.03. The average Bonchev–Trinajstić information content (AvgIpc) is 2.56. The van der Waals surface area contributed by atoms with Gasteiger partial charge in [0.15, 0.2) is 0 Å². The normalized spacial score (nSPS) is 12.0. The molecule has 0 saturated heterocycles. The van der Waals surface area contributed by atoms with Crippen LogP contribution in [0.3, 0.4) is 0 Å². The first kappa shape index (κ1) is 21.5. The largest absolute Gasteiger partial charge is 0.497 e. The first-order valence-electron chi connectivity index (χ1n) is 7.84. The van der Waals surface area contributed by atoms with E-state index in [2.05, 4.69) is 0 Å². The number of ether oxygens (including phenoxy) is 3. The van der Waals surface area contributed by atoms with Gasteiger partial charge in [0, 0.05) is 11.5 Å². The molecule has 0 unspecified atom stereocenters. The number of unbranched alkanes of at least 4 members (excludes halogenated alkanes) is 3. The predicted molar refractivity (Wildman–Crippen MR) is 90.2 cm³/mol. The van der Waals surface area contributed by atoms with Crippen LogP contribution in [0.15, 0.2) is 23.5 Å². The third-order valence-corrected chi connectivity index (χ3v) is 3.30. The zero-order valence-electron chi connectivity index (χ0n) is 14.2. The number of hydrogen-bond acceptors (Lipinski definition) is 5. The van der Waals surface area contributed by atoms with Crippen LogP contribution < -0.4 is 0 Å². The van der Waals surface area contributed by atoms with Crippen molar-refractivity contribution in [1.29, 1.82) is 0 Å². The summed E-state index contributed by atoms with van der Waals surface area (Å²) in [4.78, 5) is 23.0. The number of hydrogen-bond donors (Lipinski definition) is 0. The molecule has 0 radical (unpaired) electrons. The topological polar surface area (TPSA) is 61.8 Å². The zero-order chi connectivity index (χ0) is 17.5. The van der Waals surface area contributed by atoms with Crippen LogP contribution in [0.2, 0.25) is 0 Å². The van der Waals surface area contributed by atoms with Crippen LogP contribution in [0.1, 0.15) is 46.5 Å². The minimum Gasteiger partial charge on any atom is -0.497 e. The molecule has 6 heteroatoms. The molecule has 0 fully saturated rings. The second-order valence-electron chi connectivity index (χ2n) is 5.02. The number of carbonyl (C=O) groups excluding carboxylic acids is 2. The number of allylic oxidation sites excluding steroid dienone is 1. The van der Waals surface area contributed by atoms with E-state index < -0.39 is 5.97 Å². The summed E-state index contributed by atoms with van der Waals surface area (Å²) in [6.45, 7) is 5.77. The molecule has 0 aliphatic carbocycles. The van der Waals surface area contributed by atoms with E-state index >= 15 is 0 Å². The third-order valence-electron chi connectivity index (χ3n) is 3.03. The van der Waals surface area contributed by atoms with Crippen molar-refractivity contribution in [3.05, 3.63) is 23.5 Å². The first-order valence-corrected chi connectivity index (χ1v) is 8.37. The van der Waals surface area contributed by atoms with Crippen LogP contribution in [-0.2, 0) is 23.8 Å². The first-order chi connectivity index (χ1) is 11.0. The van der Waals surface area contributed by atoms with Gasteiger partial charge in [0.1, 0.15) is 13.2 Å². The number of halogens is 1. The summed E-state index contributed by atoms with van der Waals surface area (Å²) in [6, 6.07) is 0. The van der Waals surface area contributed by atoms with Gasteiger partial charge in [-0.2, -0.15) is 0 Å². The second-order valence-corrected chi connectivity index (χ2v) is 5.40. The molecule has 0 N–H and O–H groups in total. The Morgan fingerprint density at radius 1 is 0.870 bits per heavy atom. The molecule has 23 heavy (non-hydrogen) atoms. The fourth-order valence-electron chi connectivity index (χ4n) is 1.48. The molecule has 0 spiro atoms. The Morgan fingerprint density at radius 3 is 2.13 bits per heavy atom. The van der Waals surface area contributed by atoms with Crippen LogP contribution in [0.25, 0.3) is 0 Å². The standard InChI is InChI=1S/C17H27ClO5/c1-4-14(2)16(19)23-12-11-21-13-15(3)17(20)22-10-8-6-5-7-9-18/h4,13H,5-12H2,1-3H3. The minimum absolute atomic E-state index is 0.128. The van der Waals surface area contributed by atoms with E-state index in [-0.39, 0.29) is 19.2 Å². The molecular weight excluding hydrogens is 320 g/mol. The lowest BCUT2D eigenvalue weighted by molar-refractivity contribution is -0.141. The predicted octanol–water partition coefficient (Wildman–Crippen LogP) is 3.76. The van der Waals surface area contributed by atoms with E-state index in [1.54, 1.807) is 26.8 Å². The lowest BCUT2D eigenvalue weighted by Gasteiger charge is -2.06. The molecule has 0 aromatic rings. The van der Waals surface area contributed by atoms with Crippen molar-refractivity contribution in [3.8, 4) is 0 Å². The number of carbonyl (C=O) groups is 2. The maximum Gasteiger partial charge on any atom is 0.336 e. The second kappa shape index (κ2) is 14.1. The molecule has 0 amide bonds. The fraction of sp³-hybridized carbons (Fsp3) is 0.647. The molecule has 0 heterocycles. The summed E-state index contributed by atoms with van der Waals surface area (Å²) < 4.78 is 15.2. The molecule has 0 atom stereocenters. The summed E-state index contributed by atoms with van der Waals surface area (Å²) in [5, 5.41) is 0. The molecule has 132 valence electrons. The van der Waals surface area contributed by atoms with Crippen molar-refractivity contribution in [3.63, 3.8) is 0 Å². The summed E-state index contributed by atoms with van der Waals surface area (Å²) in [5.41, 5.74) is 0.924. The number of rotatable bonds is 12. The van der Waals surface area contributed by atoms with E-state index in [1.807, 2.05) is 0 Å². The molecular formula is C17H27ClO5. The van der Waals surface area contributed by atoms with Crippen molar-refractivity contribution in [2.45, 2.75) is 46.5 Å². The van der Waals surface area contributed by atoms with E-state index in [0.717, 1.165) is 25.7 Å². The minimum atomic E-state index is -0.399. The maximum atomic E-state index is 11.6. The van der Waals surface area contributed by atoms with E-state index in [1.165, 1.54) is 6.26 Å². The van der Waals surface area contributed by atoms with Gasteiger partial charge in [0.25, 0.3) is 0 Å². The highest BCUT2D eigenvalue weighted by Gasteiger charge is 2.06. The van der Waals surface area contributed by atoms with Gasteiger partial charge < -0.3 is 14.2 Å². The van der Waals surface area contributed by atoms with Gasteiger partial charge in [-0.3, -0.25) is 0 Å². The van der Waals surface area contributed by atoms with Gasteiger partial charge in [-0.25, -0.2) is 9.59 Å². The van der Waals surface area contributed by atoms with Gasteiger partial charge in [-0.05, 0) is 33.6 Å². The van der Waals surface area contributed by atoms with Gasteiger partial charge in [-0.1, -0.05) is 18.9 Å². The Kier molecular flexibility index (Phi) is 13.2. The fourth-order valence-corrected chi connectivity index (χ4v) is 1.66. The quantitative estimate of drug-likeness (QED) is 0.177. The number of esters is 2. The average molecular weight is 347 g/mol. The van der Waals surface area contributed by atoms with Crippen LogP contribution >= 0.6 is 11.6 Å². The third kappa shape index (κ3) is 11.7. The van der Waals surface area contributed by atoms with E-state index in [4.69, 9.17) is 25.8 Å². The van der Waals surface area contributed by atoms with Crippen LogP contribution in [-0.4, -0.2) is 37.6 Å². The van der Waals surface area contributed by atoms with Crippen molar-refractivity contribution in [2.24, 2.45) is 0 Å². The molecule has 0 aromatic heterocycles. The monoisotopic (exact) mass is 346 g/mol. The van der Waals surface area contributed by atoms with Crippen LogP contribution in [0, 0.1) is 0 Å². The van der Waals surface area contributed by atoms with Gasteiger partial charge in [-0.15, -0.1) is 11.6 Å². The Morgan fingerprint density at radius 2 is 1.48 bits per heavy atom. The maximum absolute atomic E-state index is 11.6. The molecule has 0 rings (SSSR count). The Labute approximate surface area is 143 Å². The Balaban J connectivity index is 3.76. The molecule has 0 aliphatic rings. The van der Waals surface area contributed by atoms with E-state index in [9.17, 15) is 9.59 Å². The molecule has 0 aliphatic heterocycles. The van der Waals surface area contributed by atoms with Crippen molar-refractivity contribution in [1.82, 2.24) is 0 Å². The number of alkyl halides is 1. The molecule has 5 nitrogen and oxygen atoms in total. The SMILES string of the molecule is CC=C(C)C(=O)OCCOC=C(C)C(=O)OCCCCCCCl.